The average Bonchev–Trinajstić information content (AvgIpc) is 2.38. The van der Waals surface area contributed by atoms with Crippen LogP contribution in [0.5, 0.6) is 5.75 Å². The van der Waals surface area contributed by atoms with Gasteiger partial charge in [-0.3, -0.25) is 0 Å². The maximum atomic E-state index is 5.54. The first-order chi connectivity index (χ1) is 9.22. The number of hydrogen-bond acceptors (Lipinski definition) is 3. The highest BCUT2D eigenvalue weighted by Crippen LogP contribution is 2.12. The van der Waals surface area contributed by atoms with Crippen molar-refractivity contribution in [2.75, 3.05) is 26.4 Å². The van der Waals surface area contributed by atoms with Crippen molar-refractivity contribution in [2.45, 2.75) is 33.7 Å². The number of benzene rings is 1. The molecule has 0 atom stereocenters. The molecule has 0 aliphatic heterocycles. The monoisotopic (exact) mass is 265 g/mol. The lowest BCUT2D eigenvalue weighted by Gasteiger charge is -2.09. The molecule has 0 saturated heterocycles. The van der Waals surface area contributed by atoms with Crippen LogP contribution in [0.2, 0.25) is 0 Å². The Hall–Kier alpha value is -1.06. The van der Waals surface area contributed by atoms with Crippen molar-refractivity contribution in [2.24, 2.45) is 5.92 Å². The molecule has 0 aromatic heterocycles. The number of nitrogens with one attached hydrogen (secondary N) is 1. The van der Waals surface area contributed by atoms with Crippen molar-refractivity contribution in [1.82, 2.24) is 5.32 Å². The zero-order valence-corrected chi connectivity index (χ0v) is 12.4. The molecular formula is C16H27NO2. The molecule has 0 radical (unpaired) electrons. The van der Waals surface area contributed by atoms with Crippen molar-refractivity contribution < 1.29 is 9.47 Å². The van der Waals surface area contributed by atoms with Crippen molar-refractivity contribution >= 4 is 0 Å². The SMILES string of the molecule is CCOc1cccc(CNCCCOCC(C)C)c1. The van der Waals surface area contributed by atoms with Gasteiger partial charge < -0.3 is 14.8 Å². The third kappa shape index (κ3) is 7.85. The maximum Gasteiger partial charge on any atom is 0.119 e. The Labute approximate surface area is 117 Å². The van der Waals surface area contributed by atoms with Gasteiger partial charge in [-0.25, -0.2) is 0 Å². The Morgan fingerprint density at radius 1 is 1.26 bits per heavy atom. The second kappa shape index (κ2) is 9.82. The van der Waals surface area contributed by atoms with Crippen LogP contribution in [-0.2, 0) is 11.3 Å². The Bertz CT molecular complexity index is 339. The van der Waals surface area contributed by atoms with Gasteiger partial charge in [-0.15, -0.1) is 0 Å². The largest absolute Gasteiger partial charge is 0.494 e. The summed E-state index contributed by atoms with van der Waals surface area (Å²) in [7, 11) is 0. The van der Waals surface area contributed by atoms with E-state index in [1.54, 1.807) is 0 Å². The quantitative estimate of drug-likeness (QED) is 0.659. The average molecular weight is 265 g/mol. The highest BCUT2D eigenvalue weighted by atomic mass is 16.5. The molecule has 0 heterocycles. The van der Waals surface area contributed by atoms with E-state index in [4.69, 9.17) is 9.47 Å². The maximum absolute atomic E-state index is 5.54. The summed E-state index contributed by atoms with van der Waals surface area (Å²) in [5.41, 5.74) is 1.26. The van der Waals surface area contributed by atoms with E-state index in [0.717, 1.165) is 38.5 Å². The van der Waals surface area contributed by atoms with Crippen molar-refractivity contribution in [3.63, 3.8) is 0 Å². The number of rotatable bonds is 10. The van der Waals surface area contributed by atoms with Crippen LogP contribution in [0.1, 0.15) is 32.8 Å². The first-order valence-corrected chi connectivity index (χ1v) is 7.22. The van der Waals surface area contributed by atoms with E-state index in [-0.39, 0.29) is 0 Å². The molecule has 0 amide bonds. The molecule has 1 aromatic rings. The molecule has 0 aliphatic carbocycles. The normalized spacial score (nSPS) is 10.9. The summed E-state index contributed by atoms with van der Waals surface area (Å²) in [6.45, 7) is 10.6. The molecule has 0 aliphatic rings. The van der Waals surface area contributed by atoms with Crippen LogP contribution in [-0.4, -0.2) is 26.4 Å². The van der Waals surface area contributed by atoms with E-state index in [0.29, 0.717) is 12.5 Å². The smallest absolute Gasteiger partial charge is 0.119 e. The Balaban J connectivity index is 2.10. The fourth-order valence-corrected chi connectivity index (χ4v) is 1.76. The summed E-state index contributed by atoms with van der Waals surface area (Å²) in [4.78, 5) is 0. The van der Waals surface area contributed by atoms with E-state index in [2.05, 4.69) is 31.3 Å². The van der Waals surface area contributed by atoms with Gasteiger partial charge in [-0.05, 0) is 43.5 Å². The first-order valence-electron chi connectivity index (χ1n) is 7.22. The third-order valence-corrected chi connectivity index (χ3v) is 2.63. The van der Waals surface area contributed by atoms with Gasteiger partial charge in [-0.2, -0.15) is 0 Å². The zero-order valence-electron chi connectivity index (χ0n) is 12.4. The lowest BCUT2D eigenvalue weighted by molar-refractivity contribution is 0.108. The van der Waals surface area contributed by atoms with Gasteiger partial charge in [0.15, 0.2) is 0 Å². The van der Waals surface area contributed by atoms with E-state index < -0.39 is 0 Å². The summed E-state index contributed by atoms with van der Waals surface area (Å²) < 4.78 is 11.0. The Morgan fingerprint density at radius 3 is 2.84 bits per heavy atom. The molecule has 0 saturated carbocycles. The number of ether oxygens (including phenoxy) is 2. The molecule has 1 rings (SSSR count). The predicted molar refractivity (Wildman–Crippen MR) is 79.6 cm³/mol. The van der Waals surface area contributed by atoms with Crippen molar-refractivity contribution in [3.05, 3.63) is 29.8 Å². The van der Waals surface area contributed by atoms with Gasteiger partial charge in [0.2, 0.25) is 0 Å². The van der Waals surface area contributed by atoms with Crippen molar-refractivity contribution in [1.29, 1.82) is 0 Å². The summed E-state index contributed by atoms with van der Waals surface area (Å²) >= 11 is 0. The van der Waals surface area contributed by atoms with Crippen molar-refractivity contribution in [3.8, 4) is 5.75 Å². The molecule has 0 bridgehead atoms. The lowest BCUT2D eigenvalue weighted by atomic mass is 10.2. The highest BCUT2D eigenvalue weighted by Gasteiger charge is 1.97. The fraction of sp³-hybridized carbons (Fsp3) is 0.625. The molecule has 108 valence electrons. The molecular weight excluding hydrogens is 238 g/mol. The van der Waals surface area contributed by atoms with Crippen LogP contribution in [0.25, 0.3) is 0 Å². The minimum atomic E-state index is 0.620. The van der Waals surface area contributed by atoms with Crippen LogP contribution in [0.3, 0.4) is 0 Å². The molecule has 0 spiro atoms. The molecule has 19 heavy (non-hydrogen) atoms. The number of hydrogen-bond donors (Lipinski definition) is 1. The molecule has 3 heteroatoms. The van der Waals surface area contributed by atoms with Crippen LogP contribution in [0.15, 0.2) is 24.3 Å². The van der Waals surface area contributed by atoms with Crippen LogP contribution >= 0.6 is 0 Å². The van der Waals surface area contributed by atoms with Gasteiger partial charge in [0.1, 0.15) is 5.75 Å². The van der Waals surface area contributed by atoms with E-state index in [1.807, 2.05) is 19.1 Å². The summed E-state index contributed by atoms with van der Waals surface area (Å²) in [6.07, 6.45) is 1.05. The van der Waals surface area contributed by atoms with E-state index in [1.165, 1.54) is 5.56 Å². The van der Waals surface area contributed by atoms with E-state index in [9.17, 15) is 0 Å². The third-order valence-electron chi connectivity index (χ3n) is 2.63. The first kappa shape index (κ1) is 16.0. The summed E-state index contributed by atoms with van der Waals surface area (Å²) in [6, 6.07) is 8.23. The molecule has 0 unspecified atom stereocenters. The predicted octanol–water partition coefficient (Wildman–Crippen LogP) is 3.24. The Kier molecular flexibility index (Phi) is 8.26. The van der Waals surface area contributed by atoms with Gasteiger partial charge in [-0.1, -0.05) is 26.0 Å². The van der Waals surface area contributed by atoms with Gasteiger partial charge in [0.25, 0.3) is 0 Å². The highest BCUT2D eigenvalue weighted by molar-refractivity contribution is 5.28. The molecule has 1 N–H and O–H groups in total. The van der Waals surface area contributed by atoms with Crippen LogP contribution in [0, 0.1) is 5.92 Å². The molecule has 0 fully saturated rings. The summed E-state index contributed by atoms with van der Waals surface area (Å²) in [5.74, 6) is 1.57. The Morgan fingerprint density at radius 2 is 2.11 bits per heavy atom. The molecule has 1 aromatic carbocycles. The fourth-order valence-electron chi connectivity index (χ4n) is 1.76. The van der Waals surface area contributed by atoms with Gasteiger partial charge in [0.05, 0.1) is 6.61 Å². The minimum Gasteiger partial charge on any atom is -0.494 e. The topological polar surface area (TPSA) is 30.5 Å². The minimum absolute atomic E-state index is 0.620. The molecule has 3 nitrogen and oxygen atoms in total. The second-order valence-electron chi connectivity index (χ2n) is 5.08. The lowest BCUT2D eigenvalue weighted by Crippen LogP contribution is -2.17. The van der Waals surface area contributed by atoms with E-state index >= 15 is 0 Å². The van der Waals surface area contributed by atoms with Crippen LogP contribution < -0.4 is 10.1 Å². The van der Waals surface area contributed by atoms with Gasteiger partial charge in [0, 0.05) is 19.8 Å². The standard InChI is InChI=1S/C16H27NO2/c1-4-19-16-8-5-7-15(11-16)12-17-9-6-10-18-13-14(2)3/h5,7-8,11,14,17H,4,6,9-10,12-13H2,1-3H3. The summed E-state index contributed by atoms with van der Waals surface area (Å²) in [5, 5.41) is 3.42. The van der Waals surface area contributed by atoms with Crippen LogP contribution in [0.4, 0.5) is 0 Å². The zero-order chi connectivity index (χ0) is 13.9. The van der Waals surface area contributed by atoms with Gasteiger partial charge >= 0.3 is 0 Å². The second-order valence-corrected chi connectivity index (χ2v) is 5.08.